The fourth-order valence-electron chi connectivity index (χ4n) is 1.91. The molecule has 0 bridgehead atoms. The van der Waals surface area contributed by atoms with Crippen LogP contribution in [0.1, 0.15) is 11.1 Å². The van der Waals surface area contributed by atoms with Crippen LogP contribution in [0.4, 0.5) is 5.69 Å². The quantitative estimate of drug-likeness (QED) is 0.645. The van der Waals surface area contributed by atoms with E-state index in [1.165, 1.54) is 6.07 Å². The van der Waals surface area contributed by atoms with Gasteiger partial charge in [0.05, 0.1) is 12.0 Å². The first-order valence-corrected chi connectivity index (χ1v) is 6.13. The molecule has 0 amide bonds. The Labute approximate surface area is 116 Å². The molecule has 0 aliphatic carbocycles. The first-order valence-electron chi connectivity index (χ1n) is 6.13. The molecule has 6 nitrogen and oxygen atoms in total. The van der Waals surface area contributed by atoms with E-state index < -0.39 is 0 Å². The number of methoxy groups -OCH3 is 1. The molecule has 20 heavy (non-hydrogen) atoms. The van der Waals surface area contributed by atoms with E-state index in [1.807, 2.05) is 12.1 Å². The van der Waals surface area contributed by atoms with Gasteiger partial charge < -0.3 is 10.1 Å². The molecule has 0 spiro atoms. The van der Waals surface area contributed by atoms with Crippen LogP contribution in [0.3, 0.4) is 0 Å². The Morgan fingerprint density at radius 3 is 2.65 bits per heavy atom. The molecule has 0 unspecified atom stereocenters. The Bertz CT molecular complexity index is 602. The Balaban J connectivity index is 2.01. The van der Waals surface area contributed by atoms with E-state index in [2.05, 4.69) is 10.3 Å². The predicted octanol–water partition coefficient (Wildman–Crippen LogP) is 2.29. The summed E-state index contributed by atoms with van der Waals surface area (Å²) < 4.78 is 5.15. The van der Waals surface area contributed by atoms with Crippen molar-refractivity contribution in [1.82, 2.24) is 10.3 Å². The third-order valence-electron chi connectivity index (χ3n) is 2.86. The zero-order chi connectivity index (χ0) is 14.4. The lowest BCUT2D eigenvalue weighted by molar-refractivity contribution is -0.385. The van der Waals surface area contributed by atoms with Gasteiger partial charge in [0.2, 0.25) is 5.88 Å². The third kappa shape index (κ3) is 3.30. The second-order valence-corrected chi connectivity index (χ2v) is 4.16. The molecular formula is C14H15N3O3. The molecule has 0 saturated carbocycles. The van der Waals surface area contributed by atoms with Gasteiger partial charge in [-0.2, -0.15) is 0 Å². The van der Waals surface area contributed by atoms with Crippen LogP contribution in [-0.4, -0.2) is 17.0 Å². The first-order chi connectivity index (χ1) is 9.72. The molecule has 0 radical (unpaired) electrons. The molecule has 0 aliphatic heterocycles. The number of hydrogen-bond acceptors (Lipinski definition) is 5. The molecule has 1 aromatic carbocycles. The van der Waals surface area contributed by atoms with Crippen LogP contribution in [0, 0.1) is 10.1 Å². The summed E-state index contributed by atoms with van der Waals surface area (Å²) in [7, 11) is 1.56. The first kappa shape index (κ1) is 14.0. The van der Waals surface area contributed by atoms with Crippen molar-refractivity contribution in [1.29, 1.82) is 0 Å². The van der Waals surface area contributed by atoms with Crippen molar-refractivity contribution < 1.29 is 9.66 Å². The van der Waals surface area contributed by atoms with Crippen LogP contribution in [0.2, 0.25) is 0 Å². The highest BCUT2D eigenvalue weighted by Crippen LogP contribution is 2.18. The lowest BCUT2D eigenvalue weighted by Crippen LogP contribution is -2.14. The molecule has 0 aliphatic rings. The van der Waals surface area contributed by atoms with E-state index in [9.17, 15) is 10.1 Å². The maximum Gasteiger partial charge on any atom is 0.273 e. The number of benzene rings is 1. The van der Waals surface area contributed by atoms with Gasteiger partial charge in [-0.15, -0.1) is 0 Å². The number of ether oxygens (including phenoxy) is 1. The highest BCUT2D eigenvalue weighted by Gasteiger charge is 2.11. The largest absolute Gasteiger partial charge is 0.481 e. The van der Waals surface area contributed by atoms with Crippen molar-refractivity contribution >= 4 is 5.69 Å². The highest BCUT2D eigenvalue weighted by molar-refractivity contribution is 5.39. The minimum Gasteiger partial charge on any atom is -0.481 e. The van der Waals surface area contributed by atoms with Gasteiger partial charge >= 0.3 is 0 Å². The molecular weight excluding hydrogens is 258 g/mol. The SMILES string of the molecule is COc1ncccc1CNCc1ccccc1[N+](=O)[O-]. The molecule has 0 atom stereocenters. The molecule has 0 saturated heterocycles. The summed E-state index contributed by atoms with van der Waals surface area (Å²) >= 11 is 0. The number of nitrogens with zero attached hydrogens (tertiary/aromatic N) is 2. The van der Waals surface area contributed by atoms with Crippen LogP contribution >= 0.6 is 0 Å². The number of hydrogen-bond donors (Lipinski definition) is 1. The molecule has 104 valence electrons. The summed E-state index contributed by atoms with van der Waals surface area (Å²) in [6.45, 7) is 0.943. The van der Waals surface area contributed by atoms with Crippen molar-refractivity contribution in [2.75, 3.05) is 7.11 Å². The number of nitrogens with one attached hydrogen (secondary N) is 1. The second-order valence-electron chi connectivity index (χ2n) is 4.16. The van der Waals surface area contributed by atoms with E-state index >= 15 is 0 Å². The van der Waals surface area contributed by atoms with Gasteiger partial charge in [-0.05, 0) is 6.07 Å². The maximum absolute atomic E-state index is 10.9. The van der Waals surface area contributed by atoms with Gasteiger partial charge in [-0.3, -0.25) is 10.1 Å². The summed E-state index contributed by atoms with van der Waals surface area (Å²) in [5.41, 5.74) is 1.69. The van der Waals surface area contributed by atoms with Crippen molar-refractivity contribution in [2.45, 2.75) is 13.1 Å². The van der Waals surface area contributed by atoms with E-state index in [4.69, 9.17) is 4.74 Å². The topological polar surface area (TPSA) is 77.3 Å². The standard InChI is InChI=1S/C14H15N3O3/c1-20-14-12(6-4-8-16-14)10-15-9-11-5-2-3-7-13(11)17(18)19/h2-8,15H,9-10H2,1H3. The van der Waals surface area contributed by atoms with Gasteiger partial charge in [-0.1, -0.05) is 24.3 Å². The van der Waals surface area contributed by atoms with Crippen molar-refractivity contribution in [3.63, 3.8) is 0 Å². The maximum atomic E-state index is 10.9. The number of para-hydroxylation sites is 1. The van der Waals surface area contributed by atoms with E-state index in [0.717, 1.165) is 5.56 Å². The predicted molar refractivity (Wildman–Crippen MR) is 74.4 cm³/mol. The minimum absolute atomic E-state index is 0.123. The fourth-order valence-corrected chi connectivity index (χ4v) is 1.91. The van der Waals surface area contributed by atoms with Crippen LogP contribution in [0.5, 0.6) is 5.88 Å². The Hall–Kier alpha value is -2.47. The molecule has 6 heteroatoms. The Morgan fingerprint density at radius 2 is 1.90 bits per heavy atom. The zero-order valence-corrected chi connectivity index (χ0v) is 11.1. The Morgan fingerprint density at radius 1 is 1.20 bits per heavy atom. The number of pyridine rings is 1. The molecule has 2 aromatic rings. The average Bonchev–Trinajstić information content (AvgIpc) is 2.48. The molecule has 0 fully saturated rings. The fraction of sp³-hybridized carbons (Fsp3) is 0.214. The van der Waals surface area contributed by atoms with Crippen LogP contribution in [0.15, 0.2) is 42.6 Å². The zero-order valence-electron chi connectivity index (χ0n) is 11.1. The molecule has 2 rings (SSSR count). The summed E-state index contributed by atoms with van der Waals surface area (Å²) in [6.07, 6.45) is 1.66. The normalized spacial score (nSPS) is 10.2. The third-order valence-corrected chi connectivity index (χ3v) is 2.86. The van der Waals surface area contributed by atoms with Crippen LogP contribution in [0.25, 0.3) is 0 Å². The molecule has 1 N–H and O–H groups in total. The molecule has 1 heterocycles. The van der Waals surface area contributed by atoms with Crippen LogP contribution < -0.4 is 10.1 Å². The van der Waals surface area contributed by atoms with Gasteiger partial charge in [0.15, 0.2) is 0 Å². The van der Waals surface area contributed by atoms with Crippen molar-refractivity contribution in [3.8, 4) is 5.88 Å². The van der Waals surface area contributed by atoms with Crippen molar-refractivity contribution in [2.24, 2.45) is 0 Å². The van der Waals surface area contributed by atoms with Gasteiger partial charge in [0, 0.05) is 36.5 Å². The van der Waals surface area contributed by atoms with Gasteiger partial charge in [0.25, 0.3) is 5.69 Å². The highest BCUT2D eigenvalue weighted by atomic mass is 16.6. The number of rotatable bonds is 6. The van der Waals surface area contributed by atoms with E-state index in [1.54, 1.807) is 31.5 Å². The lowest BCUT2D eigenvalue weighted by atomic mass is 10.1. The monoisotopic (exact) mass is 273 g/mol. The van der Waals surface area contributed by atoms with E-state index in [-0.39, 0.29) is 10.6 Å². The minimum atomic E-state index is -0.373. The average molecular weight is 273 g/mol. The number of nitro benzene ring substituents is 1. The summed E-state index contributed by atoms with van der Waals surface area (Å²) in [4.78, 5) is 14.6. The summed E-state index contributed by atoms with van der Waals surface area (Å²) in [5, 5.41) is 14.1. The van der Waals surface area contributed by atoms with Crippen LogP contribution in [-0.2, 0) is 13.1 Å². The molecule has 1 aromatic heterocycles. The van der Waals surface area contributed by atoms with Gasteiger partial charge in [-0.25, -0.2) is 4.98 Å². The number of nitro groups is 1. The smallest absolute Gasteiger partial charge is 0.273 e. The van der Waals surface area contributed by atoms with Crippen molar-refractivity contribution in [3.05, 3.63) is 63.8 Å². The van der Waals surface area contributed by atoms with Gasteiger partial charge in [0.1, 0.15) is 0 Å². The summed E-state index contributed by atoms with van der Waals surface area (Å²) in [6, 6.07) is 10.4. The lowest BCUT2D eigenvalue weighted by Gasteiger charge is -2.08. The Kier molecular flexibility index (Phi) is 4.62. The van der Waals surface area contributed by atoms with E-state index in [0.29, 0.717) is 24.5 Å². The second kappa shape index (κ2) is 6.63. The summed E-state index contributed by atoms with van der Waals surface area (Å²) in [5.74, 6) is 0.558. The number of aromatic nitrogens is 1.